The molecule has 24 heavy (non-hydrogen) atoms. The summed E-state index contributed by atoms with van der Waals surface area (Å²) in [6.45, 7) is 6.50. The lowest BCUT2D eigenvalue weighted by molar-refractivity contribution is -0.118. The average Bonchev–Trinajstić information content (AvgIpc) is 2.92. The Bertz CT molecular complexity index is 691. The minimum atomic E-state index is -0.197. The number of rotatable bonds is 6. The van der Waals surface area contributed by atoms with Crippen LogP contribution in [0, 0.1) is 0 Å². The van der Waals surface area contributed by atoms with Crippen LogP contribution in [-0.2, 0) is 16.8 Å². The molecule has 1 amide bonds. The van der Waals surface area contributed by atoms with E-state index in [0.29, 0.717) is 17.5 Å². The second-order valence-electron chi connectivity index (χ2n) is 6.34. The quantitative estimate of drug-likeness (QED) is 0.609. The number of amides is 1. The summed E-state index contributed by atoms with van der Waals surface area (Å²) in [5.74, 6) is 7.61. The summed E-state index contributed by atoms with van der Waals surface area (Å²) in [6, 6.07) is 7.55. The molecule has 8 heteroatoms. The van der Waals surface area contributed by atoms with Crippen molar-refractivity contribution >= 4 is 17.7 Å². The van der Waals surface area contributed by atoms with E-state index in [0.717, 1.165) is 11.3 Å². The fourth-order valence-corrected chi connectivity index (χ4v) is 2.70. The Balaban J connectivity index is 1.84. The van der Waals surface area contributed by atoms with Crippen LogP contribution in [0.25, 0.3) is 0 Å². The van der Waals surface area contributed by atoms with Gasteiger partial charge in [-0.1, -0.05) is 44.7 Å². The first kappa shape index (κ1) is 18.1. The van der Waals surface area contributed by atoms with Crippen molar-refractivity contribution in [3.8, 4) is 5.75 Å². The number of benzene rings is 1. The summed E-state index contributed by atoms with van der Waals surface area (Å²) in [5, 5.41) is 11.5. The minimum absolute atomic E-state index is 0.0869. The molecule has 0 fully saturated rings. The topological polar surface area (TPSA) is 95.1 Å². The third-order valence-electron chi connectivity index (χ3n) is 3.32. The van der Waals surface area contributed by atoms with Gasteiger partial charge in [0.2, 0.25) is 11.1 Å². The molecule has 0 aliphatic rings. The Hall–Kier alpha value is -2.22. The van der Waals surface area contributed by atoms with Gasteiger partial charge in [-0.25, -0.2) is 4.68 Å². The van der Waals surface area contributed by atoms with Gasteiger partial charge in [-0.2, -0.15) is 0 Å². The van der Waals surface area contributed by atoms with Crippen LogP contribution >= 0.6 is 11.8 Å². The van der Waals surface area contributed by atoms with E-state index in [-0.39, 0.29) is 17.1 Å². The molecule has 1 aromatic heterocycles. The number of nitrogens with one attached hydrogen (secondary N) is 1. The smallest absolute Gasteiger partial charge is 0.230 e. The summed E-state index contributed by atoms with van der Waals surface area (Å²) < 4.78 is 6.55. The Morgan fingerprint density at radius 3 is 2.50 bits per heavy atom. The number of methoxy groups -OCH3 is 1. The van der Waals surface area contributed by atoms with Crippen LogP contribution < -0.4 is 15.9 Å². The predicted molar refractivity (Wildman–Crippen MR) is 94.4 cm³/mol. The molecule has 7 nitrogen and oxygen atoms in total. The number of thioether (sulfide) groups is 1. The second kappa shape index (κ2) is 7.57. The predicted octanol–water partition coefficient (Wildman–Crippen LogP) is 1.71. The molecule has 0 atom stereocenters. The highest BCUT2D eigenvalue weighted by Crippen LogP contribution is 2.23. The fraction of sp³-hybridized carbons (Fsp3) is 0.438. The van der Waals surface area contributed by atoms with E-state index in [4.69, 9.17) is 10.6 Å². The second-order valence-corrected chi connectivity index (χ2v) is 7.28. The first-order valence-corrected chi connectivity index (χ1v) is 8.53. The molecule has 0 saturated heterocycles. The van der Waals surface area contributed by atoms with E-state index < -0.39 is 0 Å². The summed E-state index contributed by atoms with van der Waals surface area (Å²) in [7, 11) is 1.62. The van der Waals surface area contributed by atoms with Crippen molar-refractivity contribution in [1.29, 1.82) is 0 Å². The maximum absolute atomic E-state index is 12.0. The maximum Gasteiger partial charge on any atom is 0.230 e. The van der Waals surface area contributed by atoms with Gasteiger partial charge in [-0.3, -0.25) is 4.79 Å². The van der Waals surface area contributed by atoms with Gasteiger partial charge >= 0.3 is 0 Å². The summed E-state index contributed by atoms with van der Waals surface area (Å²) in [5.41, 5.74) is 0.808. The molecule has 130 valence electrons. The van der Waals surface area contributed by atoms with Crippen LogP contribution in [-0.4, -0.2) is 33.6 Å². The average molecular weight is 349 g/mol. The number of aromatic nitrogens is 3. The molecule has 1 heterocycles. The molecule has 2 aromatic rings. The van der Waals surface area contributed by atoms with Crippen LogP contribution in [0.5, 0.6) is 5.75 Å². The lowest BCUT2D eigenvalue weighted by Gasteiger charge is -2.16. The standard InChI is InChI=1S/C16H23N5O2S/c1-16(2,3)14-19-20-15(21(14)17)24-10-13(22)18-9-11-5-7-12(23-4)8-6-11/h5-8H,9-10,17H2,1-4H3,(H,18,22). The van der Waals surface area contributed by atoms with E-state index in [2.05, 4.69) is 15.5 Å². The number of hydrogen-bond donors (Lipinski definition) is 2. The highest BCUT2D eigenvalue weighted by Gasteiger charge is 2.23. The van der Waals surface area contributed by atoms with E-state index >= 15 is 0 Å². The first-order chi connectivity index (χ1) is 11.3. The van der Waals surface area contributed by atoms with Crippen molar-refractivity contribution in [3.05, 3.63) is 35.7 Å². The lowest BCUT2D eigenvalue weighted by Crippen LogP contribution is -2.26. The van der Waals surface area contributed by atoms with Crippen LogP contribution in [0.1, 0.15) is 32.2 Å². The van der Waals surface area contributed by atoms with Gasteiger partial charge in [0.1, 0.15) is 5.75 Å². The van der Waals surface area contributed by atoms with Crippen molar-refractivity contribution in [2.24, 2.45) is 0 Å². The first-order valence-electron chi connectivity index (χ1n) is 7.54. The van der Waals surface area contributed by atoms with E-state index in [1.807, 2.05) is 45.0 Å². The zero-order valence-electron chi connectivity index (χ0n) is 14.4. The van der Waals surface area contributed by atoms with Crippen molar-refractivity contribution in [1.82, 2.24) is 20.2 Å². The zero-order chi connectivity index (χ0) is 17.7. The van der Waals surface area contributed by atoms with Gasteiger partial charge < -0.3 is 15.9 Å². The number of hydrogen-bond acceptors (Lipinski definition) is 6. The lowest BCUT2D eigenvalue weighted by atomic mass is 9.96. The van der Waals surface area contributed by atoms with Gasteiger partial charge in [0, 0.05) is 12.0 Å². The highest BCUT2D eigenvalue weighted by molar-refractivity contribution is 7.99. The number of carbonyl (C=O) groups excluding carboxylic acids is 1. The van der Waals surface area contributed by atoms with Crippen molar-refractivity contribution in [3.63, 3.8) is 0 Å². The largest absolute Gasteiger partial charge is 0.497 e. The molecule has 0 aliphatic heterocycles. The van der Waals surface area contributed by atoms with Crippen molar-refractivity contribution in [2.45, 2.75) is 37.9 Å². The number of nitrogens with zero attached hydrogens (tertiary/aromatic N) is 3. The summed E-state index contributed by atoms with van der Waals surface area (Å²) in [4.78, 5) is 12.0. The van der Waals surface area contributed by atoms with Crippen LogP contribution in [0.15, 0.2) is 29.4 Å². The number of carbonyl (C=O) groups is 1. The van der Waals surface area contributed by atoms with E-state index in [1.165, 1.54) is 16.4 Å². The molecule has 1 aromatic carbocycles. The van der Waals surface area contributed by atoms with E-state index in [1.54, 1.807) is 7.11 Å². The third kappa shape index (κ3) is 4.64. The highest BCUT2D eigenvalue weighted by atomic mass is 32.2. The number of nitrogens with two attached hydrogens (primary N) is 1. The Morgan fingerprint density at radius 1 is 1.29 bits per heavy atom. The monoisotopic (exact) mass is 349 g/mol. The molecule has 3 N–H and O–H groups in total. The SMILES string of the molecule is COc1ccc(CNC(=O)CSc2nnc(C(C)(C)C)n2N)cc1. The van der Waals surface area contributed by atoms with Crippen LogP contribution in [0.4, 0.5) is 0 Å². The van der Waals surface area contributed by atoms with E-state index in [9.17, 15) is 4.79 Å². The molecule has 0 aliphatic carbocycles. The normalized spacial score (nSPS) is 11.3. The molecular weight excluding hydrogens is 326 g/mol. The number of nitrogen functional groups attached to an aromatic ring is 1. The Morgan fingerprint density at radius 2 is 1.96 bits per heavy atom. The Labute approximate surface area is 145 Å². The van der Waals surface area contributed by atoms with Crippen LogP contribution in [0.2, 0.25) is 0 Å². The Kier molecular flexibility index (Phi) is 5.71. The zero-order valence-corrected chi connectivity index (χ0v) is 15.2. The summed E-state index contributed by atoms with van der Waals surface area (Å²) >= 11 is 1.27. The number of ether oxygens (including phenoxy) is 1. The van der Waals surface area contributed by atoms with Gasteiger partial charge in [-0.15, -0.1) is 10.2 Å². The van der Waals surface area contributed by atoms with Crippen molar-refractivity contribution in [2.75, 3.05) is 18.7 Å². The molecule has 0 saturated carbocycles. The molecule has 0 radical (unpaired) electrons. The molecule has 2 rings (SSSR count). The molecule has 0 bridgehead atoms. The van der Waals surface area contributed by atoms with Gasteiger partial charge in [-0.05, 0) is 17.7 Å². The summed E-state index contributed by atoms with van der Waals surface area (Å²) in [6.07, 6.45) is 0. The van der Waals surface area contributed by atoms with Crippen LogP contribution in [0.3, 0.4) is 0 Å². The van der Waals surface area contributed by atoms with Crippen molar-refractivity contribution < 1.29 is 9.53 Å². The molecule has 0 spiro atoms. The maximum atomic E-state index is 12.0. The fourth-order valence-electron chi connectivity index (χ4n) is 2.01. The third-order valence-corrected chi connectivity index (χ3v) is 4.26. The molecule has 0 unspecified atom stereocenters. The molecular formula is C16H23N5O2S. The minimum Gasteiger partial charge on any atom is -0.497 e. The van der Waals surface area contributed by atoms with Gasteiger partial charge in [0.25, 0.3) is 0 Å². The van der Waals surface area contributed by atoms with Gasteiger partial charge in [0.05, 0.1) is 12.9 Å². The van der Waals surface area contributed by atoms with Gasteiger partial charge in [0.15, 0.2) is 5.82 Å².